The summed E-state index contributed by atoms with van der Waals surface area (Å²) >= 11 is 6.22. The Morgan fingerprint density at radius 3 is 2.58 bits per heavy atom. The predicted octanol–water partition coefficient (Wildman–Crippen LogP) is 5.38. The number of piperidine rings is 1. The Hall–Kier alpha value is -3.29. The molecule has 33 heavy (non-hydrogen) atoms. The van der Waals surface area contributed by atoms with E-state index in [9.17, 15) is 0 Å². The molecule has 2 N–H and O–H groups in total. The molecule has 168 valence electrons. The summed E-state index contributed by atoms with van der Waals surface area (Å²) < 4.78 is 0. The first-order valence-electron chi connectivity index (χ1n) is 11.3. The van der Waals surface area contributed by atoms with Crippen molar-refractivity contribution in [3.8, 4) is 11.4 Å². The lowest BCUT2D eigenvalue weighted by Gasteiger charge is -2.26. The topological polar surface area (TPSA) is 78.9 Å². The van der Waals surface area contributed by atoms with Gasteiger partial charge in [-0.2, -0.15) is 0 Å². The van der Waals surface area contributed by atoms with Crippen LogP contribution in [0.25, 0.3) is 22.4 Å². The van der Waals surface area contributed by atoms with Crippen LogP contribution in [0, 0.1) is 0 Å². The van der Waals surface area contributed by atoms with Crippen molar-refractivity contribution < 1.29 is 0 Å². The fourth-order valence-electron chi connectivity index (χ4n) is 4.06. The summed E-state index contributed by atoms with van der Waals surface area (Å²) in [5, 5.41) is 8.33. The molecular formula is C25H26ClN7. The van der Waals surface area contributed by atoms with Gasteiger partial charge < -0.3 is 15.5 Å². The van der Waals surface area contributed by atoms with Crippen molar-refractivity contribution in [3.05, 3.63) is 65.9 Å². The number of fused-ring (bicyclic) bond motifs is 1. The third kappa shape index (κ3) is 5.38. The van der Waals surface area contributed by atoms with E-state index in [1.165, 1.54) is 32.4 Å². The van der Waals surface area contributed by atoms with Gasteiger partial charge >= 0.3 is 0 Å². The molecule has 0 aliphatic carbocycles. The van der Waals surface area contributed by atoms with Crippen molar-refractivity contribution in [1.29, 1.82) is 0 Å². The van der Waals surface area contributed by atoms with Crippen molar-refractivity contribution in [2.24, 2.45) is 0 Å². The molecule has 5 rings (SSSR count). The van der Waals surface area contributed by atoms with Crippen LogP contribution in [-0.2, 0) is 0 Å². The first-order valence-corrected chi connectivity index (χ1v) is 11.7. The summed E-state index contributed by atoms with van der Waals surface area (Å²) in [5.74, 6) is 2.07. The Morgan fingerprint density at radius 1 is 0.909 bits per heavy atom. The Morgan fingerprint density at radius 2 is 1.76 bits per heavy atom. The molecule has 1 aromatic carbocycles. The van der Waals surface area contributed by atoms with Gasteiger partial charge in [0.05, 0.1) is 5.39 Å². The van der Waals surface area contributed by atoms with E-state index in [4.69, 9.17) is 26.6 Å². The highest BCUT2D eigenvalue weighted by Gasteiger charge is 2.13. The number of likely N-dealkylation sites (tertiary alicyclic amines) is 1. The van der Waals surface area contributed by atoms with E-state index in [2.05, 4.69) is 20.5 Å². The summed E-state index contributed by atoms with van der Waals surface area (Å²) in [6, 6.07) is 15.3. The van der Waals surface area contributed by atoms with Crippen LogP contribution in [0.2, 0.25) is 5.02 Å². The summed E-state index contributed by atoms with van der Waals surface area (Å²) in [5.41, 5.74) is 2.36. The lowest BCUT2D eigenvalue weighted by atomic mass is 10.1. The highest BCUT2D eigenvalue weighted by molar-refractivity contribution is 6.30. The van der Waals surface area contributed by atoms with Crippen LogP contribution in [0.5, 0.6) is 0 Å². The van der Waals surface area contributed by atoms with E-state index in [0.29, 0.717) is 22.3 Å². The molecule has 4 heterocycles. The number of benzene rings is 1. The molecule has 3 aromatic heterocycles. The van der Waals surface area contributed by atoms with Crippen LogP contribution in [0.3, 0.4) is 0 Å². The largest absolute Gasteiger partial charge is 0.369 e. The number of pyridine rings is 2. The van der Waals surface area contributed by atoms with E-state index in [0.717, 1.165) is 35.5 Å². The lowest BCUT2D eigenvalue weighted by Crippen LogP contribution is -2.33. The van der Waals surface area contributed by atoms with Crippen LogP contribution < -0.4 is 10.6 Å². The van der Waals surface area contributed by atoms with Gasteiger partial charge in [0, 0.05) is 41.8 Å². The van der Waals surface area contributed by atoms with Gasteiger partial charge in [0.15, 0.2) is 11.5 Å². The molecule has 1 aliphatic rings. The van der Waals surface area contributed by atoms with Gasteiger partial charge in [0.2, 0.25) is 0 Å². The number of hydrogen-bond acceptors (Lipinski definition) is 7. The van der Waals surface area contributed by atoms with Crippen molar-refractivity contribution in [3.63, 3.8) is 0 Å². The molecule has 7 nitrogen and oxygen atoms in total. The minimum absolute atomic E-state index is 0.569. The van der Waals surface area contributed by atoms with Gasteiger partial charge in [-0.15, -0.1) is 0 Å². The maximum atomic E-state index is 6.22. The van der Waals surface area contributed by atoms with Gasteiger partial charge in [0.25, 0.3) is 0 Å². The molecule has 1 saturated heterocycles. The van der Waals surface area contributed by atoms with E-state index in [1.807, 2.05) is 48.5 Å². The average Bonchev–Trinajstić information content (AvgIpc) is 2.85. The summed E-state index contributed by atoms with van der Waals surface area (Å²) in [6.45, 7) is 4.25. The monoisotopic (exact) mass is 459 g/mol. The number of hydrogen-bond donors (Lipinski definition) is 2. The zero-order valence-corrected chi connectivity index (χ0v) is 19.1. The zero-order valence-electron chi connectivity index (χ0n) is 18.3. The Bertz CT molecular complexity index is 1230. The van der Waals surface area contributed by atoms with Crippen molar-refractivity contribution in [2.75, 3.05) is 36.8 Å². The number of anilines is 3. The summed E-state index contributed by atoms with van der Waals surface area (Å²) in [7, 11) is 0. The number of rotatable bonds is 7. The van der Waals surface area contributed by atoms with Crippen molar-refractivity contribution in [1.82, 2.24) is 24.8 Å². The molecule has 1 fully saturated rings. The minimum atomic E-state index is 0.569. The molecular weight excluding hydrogens is 434 g/mol. The molecule has 0 spiro atoms. The number of nitrogens with zero attached hydrogens (tertiary/aromatic N) is 5. The fraction of sp³-hybridized carbons (Fsp3) is 0.280. The van der Waals surface area contributed by atoms with E-state index >= 15 is 0 Å². The van der Waals surface area contributed by atoms with Crippen LogP contribution in [-0.4, -0.2) is 51.0 Å². The number of halogens is 1. The molecule has 0 atom stereocenters. The van der Waals surface area contributed by atoms with Gasteiger partial charge in [-0.05, 0) is 62.3 Å². The Labute approximate surface area is 198 Å². The van der Waals surface area contributed by atoms with E-state index in [1.54, 1.807) is 12.4 Å². The Balaban J connectivity index is 1.45. The first kappa shape index (κ1) is 21.6. The molecule has 0 radical (unpaired) electrons. The van der Waals surface area contributed by atoms with E-state index in [-0.39, 0.29) is 0 Å². The zero-order chi connectivity index (χ0) is 22.5. The molecule has 0 bridgehead atoms. The van der Waals surface area contributed by atoms with Gasteiger partial charge in [-0.25, -0.2) is 15.0 Å². The number of aromatic nitrogens is 4. The van der Waals surface area contributed by atoms with Crippen LogP contribution in [0.15, 0.2) is 60.9 Å². The summed E-state index contributed by atoms with van der Waals surface area (Å²) in [4.78, 5) is 21.0. The molecule has 0 saturated carbocycles. The van der Waals surface area contributed by atoms with Crippen molar-refractivity contribution in [2.45, 2.75) is 19.3 Å². The second-order valence-corrected chi connectivity index (χ2v) is 8.60. The second-order valence-electron chi connectivity index (χ2n) is 8.16. The quantitative estimate of drug-likeness (QED) is 0.384. The smallest absolute Gasteiger partial charge is 0.167 e. The molecule has 1 aliphatic heterocycles. The highest BCUT2D eigenvalue weighted by atomic mass is 35.5. The highest BCUT2D eigenvalue weighted by Crippen LogP contribution is 2.28. The van der Waals surface area contributed by atoms with Gasteiger partial charge in [-0.1, -0.05) is 30.2 Å². The normalized spacial score (nSPS) is 14.3. The maximum absolute atomic E-state index is 6.22. The van der Waals surface area contributed by atoms with Crippen LogP contribution in [0.4, 0.5) is 17.3 Å². The molecule has 0 unspecified atom stereocenters. The molecule has 8 heteroatoms. The summed E-state index contributed by atoms with van der Waals surface area (Å²) in [6.07, 6.45) is 7.43. The fourth-order valence-corrected chi connectivity index (χ4v) is 4.25. The minimum Gasteiger partial charge on any atom is -0.369 e. The SMILES string of the molecule is Clc1cccc(-c2nc(Nc3ccncc3)c3ccc(NCCN4CCCCC4)nc3n2)c1. The van der Waals surface area contributed by atoms with Gasteiger partial charge in [-0.3, -0.25) is 4.98 Å². The second kappa shape index (κ2) is 10.1. The third-order valence-corrected chi connectivity index (χ3v) is 6.00. The maximum Gasteiger partial charge on any atom is 0.167 e. The lowest BCUT2D eigenvalue weighted by molar-refractivity contribution is 0.237. The van der Waals surface area contributed by atoms with Crippen LogP contribution >= 0.6 is 11.6 Å². The number of nitrogens with one attached hydrogen (secondary N) is 2. The predicted molar refractivity (Wildman–Crippen MR) is 134 cm³/mol. The van der Waals surface area contributed by atoms with Gasteiger partial charge in [0.1, 0.15) is 11.6 Å². The first-order chi connectivity index (χ1) is 16.2. The Kier molecular flexibility index (Phi) is 6.60. The molecule has 0 amide bonds. The van der Waals surface area contributed by atoms with Crippen LogP contribution in [0.1, 0.15) is 19.3 Å². The third-order valence-electron chi connectivity index (χ3n) is 5.77. The molecule has 4 aromatic rings. The van der Waals surface area contributed by atoms with E-state index < -0.39 is 0 Å². The average molecular weight is 460 g/mol. The van der Waals surface area contributed by atoms with Crippen molar-refractivity contribution >= 4 is 40.0 Å². The standard InChI is InChI=1S/C25H26ClN7/c26-19-6-4-5-18(17-19)23-31-24(29-20-9-11-27-12-10-20)21-7-8-22(30-25(21)32-23)28-13-16-33-14-2-1-3-15-33/h4-12,17H,1-3,13-16H2,(H2,27,28,29,30,31,32).